The van der Waals surface area contributed by atoms with Crippen molar-refractivity contribution in [2.75, 3.05) is 7.05 Å². The van der Waals surface area contributed by atoms with Gasteiger partial charge in [-0.05, 0) is 41.0 Å². The van der Waals surface area contributed by atoms with Crippen molar-refractivity contribution >= 4 is 28.7 Å². The monoisotopic (exact) mass is 442 g/mol. The summed E-state index contributed by atoms with van der Waals surface area (Å²) >= 11 is 0. The fraction of sp³-hybridized carbons (Fsp3) is 0.120. The van der Waals surface area contributed by atoms with Gasteiger partial charge in [0.15, 0.2) is 5.69 Å². The number of halogens is 1. The molecule has 2 aromatic heterocycles. The van der Waals surface area contributed by atoms with Crippen molar-refractivity contribution in [3.05, 3.63) is 101 Å². The number of rotatable bonds is 7. The molecule has 4 aromatic rings. The van der Waals surface area contributed by atoms with Gasteiger partial charge in [-0.1, -0.05) is 30.3 Å². The van der Waals surface area contributed by atoms with E-state index in [1.807, 2.05) is 30.3 Å². The number of benzene rings is 2. The van der Waals surface area contributed by atoms with Gasteiger partial charge in [0.05, 0.1) is 5.52 Å². The van der Waals surface area contributed by atoms with Crippen molar-refractivity contribution in [1.82, 2.24) is 20.3 Å². The lowest BCUT2D eigenvalue weighted by atomic mass is 10.0. The van der Waals surface area contributed by atoms with Gasteiger partial charge in [-0.15, -0.1) is 0 Å². The number of fused-ring (bicyclic) bond motifs is 1. The highest BCUT2D eigenvalue weighted by Gasteiger charge is 2.16. The molecule has 4 rings (SSSR count). The van der Waals surface area contributed by atoms with Crippen LogP contribution >= 0.6 is 0 Å². The van der Waals surface area contributed by atoms with Gasteiger partial charge in [0.25, 0.3) is 5.91 Å². The molecule has 0 unspecified atom stereocenters. The van der Waals surface area contributed by atoms with Crippen LogP contribution in [0.5, 0.6) is 0 Å². The number of imidazole rings is 1. The number of nitrogens with one attached hydrogen (secondary N) is 2. The Balaban J connectivity index is 1.53. The van der Waals surface area contributed by atoms with E-state index in [2.05, 4.69) is 25.3 Å². The van der Waals surface area contributed by atoms with Crippen molar-refractivity contribution in [1.29, 1.82) is 0 Å². The molecule has 33 heavy (non-hydrogen) atoms. The molecule has 1 amide bonds. The highest BCUT2D eigenvalue weighted by molar-refractivity contribution is 6.09. The van der Waals surface area contributed by atoms with Gasteiger partial charge in [-0.3, -0.25) is 9.79 Å². The van der Waals surface area contributed by atoms with Crippen molar-refractivity contribution in [3.63, 3.8) is 0 Å². The molecule has 0 atom stereocenters. The second kappa shape index (κ2) is 9.86. The number of nitrogens with zero attached hydrogens (tertiary/aromatic N) is 3. The SMILES string of the molecule is CN=CC(=CN)c1cc(F)cc(CNC(=O)c2nccc3[nH]c(Cc4ccccc4)nc23)c1. The minimum atomic E-state index is -0.432. The summed E-state index contributed by atoms with van der Waals surface area (Å²) in [5.41, 5.74) is 9.91. The van der Waals surface area contributed by atoms with E-state index in [-0.39, 0.29) is 12.2 Å². The maximum absolute atomic E-state index is 14.2. The van der Waals surface area contributed by atoms with Crippen LogP contribution < -0.4 is 11.1 Å². The van der Waals surface area contributed by atoms with Crippen LogP contribution in [-0.2, 0) is 13.0 Å². The normalized spacial score (nSPS) is 11.9. The van der Waals surface area contributed by atoms with E-state index in [9.17, 15) is 9.18 Å². The van der Waals surface area contributed by atoms with Crippen LogP contribution in [0, 0.1) is 5.82 Å². The first-order valence-electron chi connectivity index (χ1n) is 10.4. The largest absolute Gasteiger partial charge is 0.404 e. The average molecular weight is 442 g/mol. The van der Waals surface area contributed by atoms with Gasteiger partial charge in [-0.2, -0.15) is 0 Å². The summed E-state index contributed by atoms with van der Waals surface area (Å²) in [7, 11) is 1.61. The van der Waals surface area contributed by atoms with E-state index in [0.717, 1.165) is 16.9 Å². The van der Waals surface area contributed by atoms with Crippen LogP contribution in [0.15, 0.2) is 72.0 Å². The summed E-state index contributed by atoms with van der Waals surface area (Å²) < 4.78 is 14.2. The molecule has 0 aliphatic heterocycles. The van der Waals surface area contributed by atoms with Crippen molar-refractivity contribution < 1.29 is 9.18 Å². The Hall–Kier alpha value is -4.33. The molecule has 0 bridgehead atoms. The molecule has 4 N–H and O–H groups in total. The van der Waals surface area contributed by atoms with Gasteiger partial charge >= 0.3 is 0 Å². The fourth-order valence-electron chi connectivity index (χ4n) is 3.56. The quantitative estimate of drug-likeness (QED) is 0.380. The van der Waals surface area contributed by atoms with Gasteiger partial charge in [-0.25, -0.2) is 14.4 Å². The third-order valence-electron chi connectivity index (χ3n) is 5.07. The van der Waals surface area contributed by atoms with Crippen molar-refractivity contribution in [2.24, 2.45) is 10.7 Å². The molecule has 166 valence electrons. The van der Waals surface area contributed by atoms with Crippen LogP contribution in [0.1, 0.15) is 33.0 Å². The number of hydrogen-bond donors (Lipinski definition) is 3. The summed E-state index contributed by atoms with van der Waals surface area (Å²) in [5, 5.41) is 2.80. The van der Waals surface area contributed by atoms with Gasteiger partial charge in [0.1, 0.15) is 17.2 Å². The van der Waals surface area contributed by atoms with Crippen molar-refractivity contribution in [3.8, 4) is 0 Å². The predicted octanol–water partition coefficient (Wildman–Crippen LogP) is 3.62. The Morgan fingerprint density at radius 2 is 2.00 bits per heavy atom. The van der Waals surface area contributed by atoms with E-state index >= 15 is 0 Å². The summed E-state index contributed by atoms with van der Waals surface area (Å²) in [6.07, 6.45) is 5.08. The Morgan fingerprint density at radius 1 is 1.18 bits per heavy atom. The number of nitrogens with two attached hydrogens (primary N) is 1. The molecule has 0 spiro atoms. The first-order valence-corrected chi connectivity index (χ1v) is 10.4. The zero-order valence-electron chi connectivity index (χ0n) is 18.0. The molecule has 7 nitrogen and oxygen atoms in total. The summed E-state index contributed by atoms with van der Waals surface area (Å²) in [4.78, 5) is 28.9. The number of allylic oxidation sites excluding steroid dienone is 1. The minimum absolute atomic E-state index is 0.115. The lowest BCUT2D eigenvalue weighted by Crippen LogP contribution is -2.24. The number of hydrogen-bond acceptors (Lipinski definition) is 5. The molecule has 0 saturated heterocycles. The molecule has 0 radical (unpaired) electrons. The number of aromatic amines is 1. The maximum Gasteiger partial charge on any atom is 0.272 e. The van der Waals surface area contributed by atoms with Gasteiger partial charge < -0.3 is 16.0 Å². The Kier molecular flexibility index (Phi) is 6.54. The van der Waals surface area contributed by atoms with Gasteiger partial charge in [0, 0.05) is 44.2 Å². The molecule has 0 aliphatic carbocycles. The second-order valence-electron chi connectivity index (χ2n) is 7.44. The number of aromatic nitrogens is 3. The van der Waals surface area contributed by atoms with E-state index in [4.69, 9.17) is 5.73 Å². The standard InChI is InChI=1S/C25H23FN6O/c1-28-15-19(13-27)18-9-17(10-20(26)12-18)14-30-25(33)24-23-21(7-8-29-24)31-22(32-23)11-16-5-3-2-4-6-16/h2-10,12-13,15H,11,14,27H2,1H3,(H,30,33)(H,31,32). The highest BCUT2D eigenvalue weighted by atomic mass is 19.1. The van der Waals surface area contributed by atoms with E-state index in [0.29, 0.717) is 28.6 Å². The third kappa shape index (κ3) is 5.12. The smallest absolute Gasteiger partial charge is 0.272 e. The first-order chi connectivity index (χ1) is 16.1. The number of carbonyl (C=O) groups excluding carboxylic acids is 1. The summed E-state index contributed by atoms with van der Waals surface area (Å²) in [6, 6.07) is 16.2. The number of H-pyrrole nitrogens is 1. The zero-order chi connectivity index (χ0) is 23.2. The molecule has 0 saturated carbocycles. The van der Waals surface area contributed by atoms with E-state index < -0.39 is 11.7 Å². The van der Waals surface area contributed by atoms with Crippen LogP contribution in [-0.4, -0.2) is 34.1 Å². The molecule has 2 heterocycles. The lowest BCUT2D eigenvalue weighted by molar-refractivity contribution is 0.0947. The highest BCUT2D eigenvalue weighted by Crippen LogP contribution is 2.18. The maximum atomic E-state index is 14.2. The summed E-state index contributed by atoms with van der Waals surface area (Å²) in [6.45, 7) is 0.115. The van der Waals surface area contributed by atoms with E-state index in [1.54, 1.807) is 31.6 Å². The van der Waals surface area contributed by atoms with Crippen LogP contribution in [0.2, 0.25) is 0 Å². The third-order valence-corrected chi connectivity index (χ3v) is 5.07. The predicted molar refractivity (Wildman–Crippen MR) is 127 cm³/mol. The van der Waals surface area contributed by atoms with Gasteiger partial charge in [0.2, 0.25) is 0 Å². The molecule has 8 heteroatoms. The first kappa shape index (κ1) is 21.9. The molecular formula is C25H23FN6O. The molecule has 2 aromatic carbocycles. The van der Waals surface area contributed by atoms with E-state index in [1.165, 1.54) is 18.3 Å². The zero-order valence-corrected chi connectivity index (χ0v) is 18.0. The number of pyridine rings is 1. The van der Waals surface area contributed by atoms with Crippen LogP contribution in [0.4, 0.5) is 4.39 Å². The second-order valence-corrected chi connectivity index (χ2v) is 7.44. The molecule has 0 aliphatic rings. The number of carbonyl (C=O) groups is 1. The number of aliphatic imine (C=N–C) groups is 1. The average Bonchev–Trinajstić information content (AvgIpc) is 3.23. The summed E-state index contributed by atoms with van der Waals surface area (Å²) in [5.74, 6) is -0.0840. The Labute approximate surface area is 190 Å². The van der Waals surface area contributed by atoms with Crippen LogP contribution in [0.3, 0.4) is 0 Å². The Bertz CT molecular complexity index is 1340. The van der Waals surface area contributed by atoms with Crippen LogP contribution in [0.25, 0.3) is 16.6 Å². The fourth-order valence-corrected chi connectivity index (χ4v) is 3.56. The number of amides is 1. The topological polar surface area (TPSA) is 109 Å². The molecule has 0 fully saturated rings. The minimum Gasteiger partial charge on any atom is -0.404 e. The van der Waals surface area contributed by atoms with Crippen molar-refractivity contribution in [2.45, 2.75) is 13.0 Å². The molecular weight excluding hydrogens is 419 g/mol. The lowest BCUT2D eigenvalue weighted by Gasteiger charge is -2.08. The Morgan fingerprint density at radius 3 is 2.76 bits per heavy atom.